The molecular formula is C13H23NO6S. The molecule has 0 aromatic rings. The van der Waals surface area contributed by atoms with Crippen LogP contribution >= 0.6 is 0 Å². The van der Waals surface area contributed by atoms with Gasteiger partial charge in [0.1, 0.15) is 0 Å². The monoisotopic (exact) mass is 321 g/mol. The van der Waals surface area contributed by atoms with Crippen molar-refractivity contribution < 1.29 is 27.9 Å². The second kappa shape index (κ2) is 7.22. The van der Waals surface area contributed by atoms with Crippen LogP contribution < -0.4 is 0 Å². The summed E-state index contributed by atoms with van der Waals surface area (Å²) in [4.78, 5) is 22.7. The van der Waals surface area contributed by atoms with Crippen LogP contribution in [0.3, 0.4) is 0 Å². The molecule has 1 aliphatic rings. The Kier molecular flexibility index (Phi) is 6.15. The minimum absolute atomic E-state index is 0.0126. The molecule has 7 nitrogen and oxygen atoms in total. The number of carbonyl (C=O) groups is 2. The first-order valence-corrected chi connectivity index (χ1v) is 8.75. The molecule has 0 bridgehead atoms. The Morgan fingerprint density at radius 2 is 2.00 bits per heavy atom. The summed E-state index contributed by atoms with van der Waals surface area (Å²) in [5.74, 6) is -1.85. The van der Waals surface area contributed by atoms with Crippen molar-refractivity contribution in [2.24, 2.45) is 5.41 Å². The molecule has 8 heteroatoms. The lowest BCUT2D eigenvalue weighted by Gasteiger charge is -2.24. The third-order valence-electron chi connectivity index (χ3n) is 3.76. The number of esters is 1. The fraction of sp³-hybridized carbons (Fsp3) is 0.846. The summed E-state index contributed by atoms with van der Waals surface area (Å²) in [6.07, 6.45) is 1.24. The van der Waals surface area contributed by atoms with Gasteiger partial charge in [-0.05, 0) is 19.8 Å². The van der Waals surface area contributed by atoms with Crippen molar-refractivity contribution in [3.05, 3.63) is 0 Å². The smallest absolute Gasteiger partial charge is 0.311 e. The number of hydrogen-bond acceptors (Lipinski definition) is 5. The van der Waals surface area contributed by atoms with Gasteiger partial charge in [-0.2, -0.15) is 0 Å². The Bertz CT molecular complexity index is 489. The normalized spacial score (nSPS) is 23.1. The predicted molar refractivity (Wildman–Crippen MR) is 76.2 cm³/mol. The maximum Gasteiger partial charge on any atom is 0.311 e. The van der Waals surface area contributed by atoms with E-state index in [0.29, 0.717) is 19.3 Å². The average molecular weight is 321 g/mol. The number of carbonyl (C=O) groups excluding carboxylic acids is 1. The lowest BCUT2D eigenvalue weighted by molar-refractivity contribution is -0.148. The summed E-state index contributed by atoms with van der Waals surface area (Å²) in [6, 6.07) is 0. The molecule has 0 aromatic carbocycles. The fourth-order valence-corrected chi connectivity index (χ4v) is 4.11. The van der Waals surface area contributed by atoms with Crippen LogP contribution in [0.4, 0.5) is 0 Å². The van der Waals surface area contributed by atoms with Gasteiger partial charge in [0.05, 0.1) is 24.2 Å². The lowest BCUT2D eigenvalue weighted by Crippen LogP contribution is -2.38. The number of rotatable bonds is 8. The van der Waals surface area contributed by atoms with Crippen molar-refractivity contribution in [1.82, 2.24) is 4.31 Å². The van der Waals surface area contributed by atoms with Gasteiger partial charge in [-0.25, -0.2) is 12.7 Å². The van der Waals surface area contributed by atoms with E-state index < -0.39 is 27.4 Å². The molecule has 0 aromatic heterocycles. The summed E-state index contributed by atoms with van der Waals surface area (Å²) in [5, 5.41) is 9.37. The quantitative estimate of drug-likeness (QED) is 0.665. The number of ether oxygens (including phenoxy) is 1. The molecule has 1 heterocycles. The number of carboxylic acid groups (broad SMARTS) is 1. The summed E-state index contributed by atoms with van der Waals surface area (Å²) in [5.41, 5.74) is -0.994. The van der Waals surface area contributed by atoms with Gasteiger partial charge in [0.25, 0.3) is 0 Å². The molecule has 1 saturated heterocycles. The topological polar surface area (TPSA) is 101 Å². The van der Waals surface area contributed by atoms with E-state index in [1.807, 2.05) is 6.92 Å². The first-order chi connectivity index (χ1) is 9.77. The van der Waals surface area contributed by atoms with Crippen molar-refractivity contribution in [3.63, 3.8) is 0 Å². The summed E-state index contributed by atoms with van der Waals surface area (Å²) < 4.78 is 30.3. The SMILES string of the molecule is CCCC1(C(=O)O)CCN(S(=O)(=O)CCC(=O)OCC)C1. The molecule has 0 spiro atoms. The van der Waals surface area contributed by atoms with Crippen molar-refractivity contribution in [2.75, 3.05) is 25.4 Å². The van der Waals surface area contributed by atoms with E-state index in [0.717, 1.165) is 0 Å². The number of carboxylic acids is 1. The van der Waals surface area contributed by atoms with Crippen LogP contribution in [0, 0.1) is 5.41 Å². The Hall–Kier alpha value is -1.15. The maximum absolute atomic E-state index is 12.2. The minimum atomic E-state index is -3.63. The standard InChI is InChI=1S/C13H23NO6S/c1-3-6-13(12(16)17)7-8-14(10-13)21(18,19)9-5-11(15)20-4-2/h3-10H2,1-2H3,(H,16,17). The molecule has 21 heavy (non-hydrogen) atoms. The molecule has 1 rings (SSSR count). The van der Waals surface area contributed by atoms with Crippen molar-refractivity contribution in [2.45, 2.75) is 39.5 Å². The second-order valence-corrected chi connectivity index (χ2v) is 7.38. The Morgan fingerprint density at radius 3 is 2.52 bits per heavy atom. The molecule has 1 atom stereocenters. The highest BCUT2D eigenvalue weighted by atomic mass is 32.2. The van der Waals surface area contributed by atoms with E-state index >= 15 is 0 Å². The van der Waals surface area contributed by atoms with Gasteiger partial charge in [0.2, 0.25) is 10.0 Å². The highest BCUT2D eigenvalue weighted by molar-refractivity contribution is 7.89. The minimum Gasteiger partial charge on any atom is -0.481 e. The number of sulfonamides is 1. The van der Waals surface area contributed by atoms with Gasteiger partial charge in [0, 0.05) is 13.1 Å². The van der Waals surface area contributed by atoms with Gasteiger partial charge in [-0.15, -0.1) is 0 Å². The second-order valence-electron chi connectivity index (χ2n) is 5.29. The summed E-state index contributed by atoms with van der Waals surface area (Å²) >= 11 is 0. The van der Waals surface area contributed by atoms with Crippen molar-refractivity contribution in [3.8, 4) is 0 Å². The zero-order chi connectivity index (χ0) is 16.1. The largest absolute Gasteiger partial charge is 0.481 e. The van der Waals surface area contributed by atoms with Gasteiger partial charge < -0.3 is 9.84 Å². The van der Waals surface area contributed by atoms with E-state index in [4.69, 9.17) is 4.74 Å². The molecule has 1 fully saturated rings. The van der Waals surface area contributed by atoms with E-state index in [-0.39, 0.29) is 31.9 Å². The molecular weight excluding hydrogens is 298 g/mol. The number of aliphatic carboxylic acids is 1. The summed E-state index contributed by atoms with van der Waals surface area (Å²) in [6.45, 7) is 3.92. The highest BCUT2D eigenvalue weighted by Gasteiger charge is 2.47. The molecule has 0 radical (unpaired) electrons. The molecule has 1 unspecified atom stereocenters. The van der Waals surface area contributed by atoms with Crippen LogP contribution in [0.1, 0.15) is 39.5 Å². The third kappa shape index (κ3) is 4.41. The molecule has 122 valence electrons. The highest BCUT2D eigenvalue weighted by Crippen LogP contribution is 2.36. The average Bonchev–Trinajstić information content (AvgIpc) is 2.84. The van der Waals surface area contributed by atoms with Crippen LogP contribution in [0.5, 0.6) is 0 Å². The Morgan fingerprint density at radius 1 is 1.33 bits per heavy atom. The predicted octanol–water partition coefficient (Wildman–Crippen LogP) is 0.846. The van der Waals surface area contributed by atoms with E-state index in [9.17, 15) is 23.1 Å². The molecule has 1 aliphatic heterocycles. The fourth-order valence-electron chi connectivity index (χ4n) is 2.61. The van der Waals surface area contributed by atoms with E-state index in [1.54, 1.807) is 6.92 Å². The molecule has 0 amide bonds. The van der Waals surface area contributed by atoms with Crippen molar-refractivity contribution >= 4 is 22.0 Å². The van der Waals surface area contributed by atoms with Crippen LogP contribution in [0.2, 0.25) is 0 Å². The Labute approximate surface area is 125 Å². The first-order valence-electron chi connectivity index (χ1n) is 7.14. The van der Waals surface area contributed by atoms with E-state index in [1.165, 1.54) is 4.31 Å². The number of nitrogens with zero attached hydrogens (tertiary/aromatic N) is 1. The molecule has 0 aliphatic carbocycles. The zero-order valence-corrected chi connectivity index (χ0v) is 13.3. The van der Waals surface area contributed by atoms with Crippen LogP contribution in [-0.2, 0) is 24.3 Å². The number of hydrogen-bond donors (Lipinski definition) is 1. The van der Waals surface area contributed by atoms with Crippen LogP contribution in [-0.4, -0.2) is 55.2 Å². The lowest BCUT2D eigenvalue weighted by atomic mass is 9.83. The molecule has 0 saturated carbocycles. The van der Waals surface area contributed by atoms with Crippen molar-refractivity contribution in [1.29, 1.82) is 0 Å². The first kappa shape index (κ1) is 17.9. The van der Waals surface area contributed by atoms with E-state index in [2.05, 4.69) is 0 Å². The summed E-state index contributed by atoms with van der Waals surface area (Å²) in [7, 11) is -3.63. The van der Waals surface area contributed by atoms with Gasteiger partial charge >= 0.3 is 11.9 Å². The van der Waals surface area contributed by atoms with Gasteiger partial charge in [-0.1, -0.05) is 13.3 Å². The Balaban J connectivity index is 2.69. The van der Waals surface area contributed by atoms with Crippen LogP contribution in [0.25, 0.3) is 0 Å². The zero-order valence-electron chi connectivity index (χ0n) is 12.5. The van der Waals surface area contributed by atoms with Gasteiger partial charge in [0.15, 0.2) is 0 Å². The molecule has 1 N–H and O–H groups in total. The van der Waals surface area contributed by atoms with Crippen LogP contribution in [0.15, 0.2) is 0 Å². The van der Waals surface area contributed by atoms with Gasteiger partial charge in [-0.3, -0.25) is 9.59 Å². The maximum atomic E-state index is 12.2. The third-order valence-corrected chi connectivity index (χ3v) is 5.58.